The maximum Gasteiger partial charge on any atom is 0.124 e. The molecule has 0 fully saturated rings. The number of hydrogen-bond acceptors (Lipinski definition) is 2. The summed E-state index contributed by atoms with van der Waals surface area (Å²) in [6, 6.07) is 21.5. The van der Waals surface area contributed by atoms with Crippen LogP contribution in [-0.4, -0.2) is 7.11 Å². The molecule has 104 valence electrons. The maximum atomic E-state index is 5.50. The van der Waals surface area contributed by atoms with E-state index in [1.807, 2.05) is 12.1 Å². The fourth-order valence-corrected chi connectivity index (χ4v) is 3.24. The zero-order valence-corrected chi connectivity index (χ0v) is 12.0. The number of nitrogens with one attached hydrogen (secondary N) is 1. The second kappa shape index (κ2) is 4.81. The summed E-state index contributed by atoms with van der Waals surface area (Å²) in [5.41, 5.74) is 3.87. The summed E-state index contributed by atoms with van der Waals surface area (Å²) in [7, 11) is 1.73. The molecule has 0 spiro atoms. The first-order chi connectivity index (χ1) is 10.4. The van der Waals surface area contributed by atoms with Gasteiger partial charge < -0.3 is 10.1 Å². The number of anilines is 1. The Balaban J connectivity index is 1.79. The summed E-state index contributed by atoms with van der Waals surface area (Å²) < 4.78 is 5.50. The van der Waals surface area contributed by atoms with Crippen molar-refractivity contribution in [3.63, 3.8) is 0 Å². The van der Waals surface area contributed by atoms with Gasteiger partial charge in [0.1, 0.15) is 5.75 Å². The molecular weight excluding hydrogens is 258 g/mol. The van der Waals surface area contributed by atoms with E-state index in [9.17, 15) is 0 Å². The second-order valence-corrected chi connectivity index (χ2v) is 5.46. The van der Waals surface area contributed by atoms with Crippen LogP contribution in [0.25, 0.3) is 10.8 Å². The second-order valence-electron chi connectivity index (χ2n) is 5.46. The van der Waals surface area contributed by atoms with Gasteiger partial charge in [0, 0.05) is 16.6 Å². The molecule has 3 aromatic rings. The van der Waals surface area contributed by atoms with Crippen LogP contribution in [0, 0.1) is 0 Å². The molecule has 1 unspecified atom stereocenters. The van der Waals surface area contributed by atoms with Crippen LogP contribution in [-0.2, 0) is 6.42 Å². The first kappa shape index (κ1) is 12.3. The number of benzene rings is 3. The summed E-state index contributed by atoms with van der Waals surface area (Å²) in [6.07, 6.45) is 1.00. The third-order valence-corrected chi connectivity index (χ3v) is 4.27. The van der Waals surface area contributed by atoms with Crippen LogP contribution < -0.4 is 10.1 Å². The standard InChI is InChI=1S/C19H17NO/c1-21-18-9-5-4-8-16(18)17-12-14-11-10-13-6-2-3-7-15(13)19(14)20-17/h2-11,17,20H,12H2,1H3. The maximum absolute atomic E-state index is 5.50. The third kappa shape index (κ3) is 1.95. The van der Waals surface area contributed by atoms with Gasteiger partial charge in [-0.05, 0) is 23.4 Å². The van der Waals surface area contributed by atoms with Crippen LogP contribution in [0.5, 0.6) is 5.75 Å². The van der Waals surface area contributed by atoms with Crippen LogP contribution in [0.4, 0.5) is 5.69 Å². The molecule has 2 nitrogen and oxygen atoms in total. The Morgan fingerprint density at radius 2 is 1.76 bits per heavy atom. The molecule has 2 heteroatoms. The smallest absolute Gasteiger partial charge is 0.124 e. The first-order valence-corrected chi connectivity index (χ1v) is 7.27. The van der Waals surface area contributed by atoms with E-state index in [0.29, 0.717) is 0 Å². The van der Waals surface area contributed by atoms with Gasteiger partial charge >= 0.3 is 0 Å². The molecule has 4 rings (SSSR count). The van der Waals surface area contributed by atoms with Crippen LogP contribution in [0.1, 0.15) is 17.2 Å². The minimum Gasteiger partial charge on any atom is -0.496 e. The minimum absolute atomic E-state index is 0.280. The Bertz CT molecular complexity index is 810. The highest BCUT2D eigenvalue weighted by Crippen LogP contribution is 2.41. The van der Waals surface area contributed by atoms with Crippen LogP contribution in [0.15, 0.2) is 60.7 Å². The number of para-hydroxylation sites is 1. The van der Waals surface area contributed by atoms with Gasteiger partial charge in [0.15, 0.2) is 0 Å². The van der Waals surface area contributed by atoms with E-state index in [1.165, 1.54) is 27.6 Å². The zero-order chi connectivity index (χ0) is 14.2. The van der Waals surface area contributed by atoms with E-state index >= 15 is 0 Å². The van der Waals surface area contributed by atoms with Gasteiger partial charge in [0.05, 0.1) is 13.2 Å². The molecule has 0 saturated heterocycles. The zero-order valence-electron chi connectivity index (χ0n) is 12.0. The van der Waals surface area contributed by atoms with Gasteiger partial charge in [-0.15, -0.1) is 0 Å². The molecule has 0 saturated carbocycles. The Hall–Kier alpha value is -2.48. The number of fused-ring (bicyclic) bond motifs is 3. The van der Waals surface area contributed by atoms with E-state index < -0.39 is 0 Å². The minimum atomic E-state index is 0.280. The Kier molecular flexibility index (Phi) is 2.81. The van der Waals surface area contributed by atoms with Crippen molar-refractivity contribution in [3.8, 4) is 5.75 Å². The van der Waals surface area contributed by atoms with Gasteiger partial charge in [0.25, 0.3) is 0 Å². The van der Waals surface area contributed by atoms with E-state index in [0.717, 1.165) is 12.2 Å². The van der Waals surface area contributed by atoms with Crippen LogP contribution in [0.3, 0.4) is 0 Å². The molecule has 0 aromatic heterocycles. The van der Waals surface area contributed by atoms with Crippen molar-refractivity contribution < 1.29 is 4.74 Å². The van der Waals surface area contributed by atoms with E-state index in [4.69, 9.17) is 4.74 Å². The average molecular weight is 275 g/mol. The molecule has 1 aliphatic heterocycles. The predicted molar refractivity (Wildman–Crippen MR) is 87.0 cm³/mol. The Labute approximate surface area is 124 Å². The van der Waals surface area contributed by atoms with Gasteiger partial charge in [-0.1, -0.05) is 54.6 Å². The van der Waals surface area contributed by atoms with Crippen LogP contribution in [0.2, 0.25) is 0 Å². The summed E-state index contributed by atoms with van der Waals surface area (Å²) in [5, 5.41) is 6.27. The van der Waals surface area contributed by atoms with Crippen molar-refractivity contribution in [1.29, 1.82) is 0 Å². The van der Waals surface area contributed by atoms with Crippen molar-refractivity contribution >= 4 is 16.5 Å². The van der Waals surface area contributed by atoms with Crippen molar-refractivity contribution in [1.82, 2.24) is 0 Å². The fourth-order valence-electron chi connectivity index (χ4n) is 3.24. The van der Waals surface area contributed by atoms with Gasteiger partial charge in [0.2, 0.25) is 0 Å². The molecule has 1 heterocycles. The summed E-state index contributed by atoms with van der Waals surface area (Å²) in [5.74, 6) is 0.951. The highest BCUT2D eigenvalue weighted by Gasteiger charge is 2.25. The number of hydrogen-bond donors (Lipinski definition) is 1. The lowest BCUT2D eigenvalue weighted by atomic mass is 10.0. The van der Waals surface area contributed by atoms with E-state index in [-0.39, 0.29) is 6.04 Å². The van der Waals surface area contributed by atoms with E-state index in [2.05, 4.69) is 53.8 Å². The molecule has 1 aliphatic rings. The third-order valence-electron chi connectivity index (χ3n) is 4.27. The lowest BCUT2D eigenvalue weighted by Crippen LogP contribution is -2.07. The Morgan fingerprint density at radius 1 is 0.952 bits per heavy atom. The molecule has 21 heavy (non-hydrogen) atoms. The SMILES string of the molecule is COc1ccccc1C1Cc2ccc3ccccc3c2N1. The molecule has 0 amide bonds. The normalized spacial score (nSPS) is 16.5. The molecule has 1 N–H and O–H groups in total. The molecule has 0 radical (unpaired) electrons. The van der Waals surface area contributed by atoms with Crippen molar-refractivity contribution in [2.24, 2.45) is 0 Å². The molecule has 1 atom stereocenters. The number of methoxy groups -OCH3 is 1. The molecular formula is C19H17NO. The van der Waals surface area contributed by atoms with Gasteiger partial charge in [-0.25, -0.2) is 0 Å². The monoisotopic (exact) mass is 275 g/mol. The van der Waals surface area contributed by atoms with E-state index in [1.54, 1.807) is 7.11 Å². The van der Waals surface area contributed by atoms with Crippen molar-refractivity contribution in [2.45, 2.75) is 12.5 Å². The largest absolute Gasteiger partial charge is 0.496 e. The van der Waals surface area contributed by atoms with Crippen molar-refractivity contribution in [3.05, 3.63) is 71.8 Å². The lowest BCUT2D eigenvalue weighted by Gasteiger charge is -2.15. The Morgan fingerprint density at radius 3 is 2.67 bits per heavy atom. The highest BCUT2D eigenvalue weighted by atomic mass is 16.5. The number of ether oxygens (including phenoxy) is 1. The van der Waals surface area contributed by atoms with Gasteiger partial charge in [-0.3, -0.25) is 0 Å². The average Bonchev–Trinajstić information content (AvgIpc) is 2.99. The van der Waals surface area contributed by atoms with Crippen LogP contribution >= 0.6 is 0 Å². The molecule has 0 aliphatic carbocycles. The molecule has 0 bridgehead atoms. The first-order valence-electron chi connectivity index (χ1n) is 7.27. The summed E-state index contributed by atoms with van der Waals surface area (Å²) >= 11 is 0. The number of rotatable bonds is 2. The summed E-state index contributed by atoms with van der Waals surface area (Å²) in [4.78, 5) is 0. The lowest BCUT2D eigenvalue weighted by molar-refractivity contribution is 0.407. The topological polar surface area (TPSA) is 21.3 Å². The highest BCUT2D eigenvalue weighted by molar-refractivity contribution is 5.96. The van der Waals surface area contributed by atoms with Gasteiger partial charge in [-0.2, -0.15) is 0 Å². The fraction of sp³-hybridized carbons (Fsp3) is 0.158. The molecule has 3 aromatic carbocycles. The summed E-state index contributed by atoms with van der Waals surface area (Å²) in [6.45, 7) is 0. The quantitative estimate of drug-likeness (QED) is 0.740. The van der Waals surface area contributed by atoms with Crippen molar-refractivity contribution in [2.75, 3.05) is 12.4 Å². The predicted octanol–water partition coefficient (Wildman–Crippen LogP) is 4.56.